The van der Waals surface area contributed by atoms with Gasteiger partial charge in [-0.2, -0.15) is 0 Å². The van der Waals surface area contributed by atoms with Crippen molar-refractivity contribution in [2.75, 3.05) is 6.54 Å². The number of aliphatic carboxylic acids is 1. The molecule has 1 heterocycles. The lowest BCUT2D eigenvalue weighted by Gasteiger charge is -2.24. The number of nitrogens with two attached hydrogens (primary N) is 1. The van der Waals surface area contributed by atoms with Gasteiger partial charge in [0.15, 0.2) is 0 Å². The van der Waals surface area contributed by atoms with Gasteiger partial charge in [-0.15, -0.1) is 0 Å². The van der Waals surface area contributed by atoms with Crippen molar-refractivity contribution in [3.63, 3.8) is 0 Å². The molecule has 11 heteroatoms. The maximum atomic E-state index is 12.4. The second-order valence-corrected chi connectivity index (χ2v) is 8.24. The number of para-hydroxylation sites is 1. The molecule has 11 nitrogen and oxygen atoms in total. The zero-order valence-electron chi connectivity index (χ0n) is 18.8. The maximum Gasteiger partial charge on any atom is 0.326 e. The minimum atomic E-state index is -1.32. The molecule has 0 saturated heterocycles. The Morgan fingerprint density at radius 1 is 1.06 bits per heavy atom. The fraction of sp³-hybridized carbons (Fsp3) is 0.455. The van der Waals surface area contributed by atoms with Gasteiger partial charge in [0.25, 0.3) is 0 Å². The number of aliphatic hydroxyl groups is 1. The number of nitrogens with one attached hydrogen (secondary N) is 4. The molecule has 4 atom stereocenters. The van der Waals surface area contributed by atoms with Crippen LogP contribution in [0.5, 0.6) is 0 Å². The van der Waals surface area contributed by atoms with Crippen LogP contribution in [0, 0.1) is 5.92 Å². The third-order valence-electron chi connectivity index (χ3n) is 5.24. The summed E-state index contributed by atoms with van der Waals surface area (Å²) in [7, 11) is 0. The molecule has 0 radical (unpaired) electrons. The van der Waals surface area contributed by atoms with Crippen LogP contribution < -0.4 is 21.7 Å². The van der Waals surface area contributed by atoms with Gasteiger partial charge in [0.05, 0.1) is 18.7 Å². The van der Waals surface area contributed by atoms with E-state index in [1.165, 1.54) is 6.92 Å². The summed E-state index contributed by atoms with van der Waals surface area (Å²) in [6.45, 7) is 4.25. The van der Waals surface area contributed by atoms with E-state index >= 15 is 0 Å². The van der Waals surface area contributed by atoms with Crippen LogP contribution in [0.2, 0.25) is 0 Å². The standard InChI is InChI=1S/C22H31N5O6/c1-11(2)18(23)20(30)27-19(12(3)28)21(31)25-10-17(29)26-16(22(32)33)8-13-9-24-15-7-5-4-6-14(13)15/h4-7,9,11-12,16,18-19,24,28H,8,10,23H2,1-3H3,(H,25,31)(H,26,29)(H,27,30)(H,32,33). The number of carboxylic acids is 1. The Kier molecular flexibility index (Phi) is 8.94. The molecule has 1 aromatic heterocycles. The van der Waals surface area contributed by atoms with E-state index < -0.39 is 54.5 Å². The summed E-state index contributed by atoms with van der Waals surface area (Å²) < 4.78 is 0. The fourth-order valence-electron chi connectivity index (χ4n) is 3.20. The van der Waals surface area contributed by atoms with Crippen molar-refractivity contribution in [3.05, 3.63) is 36.0 Å². The fourth-order valence-corrected chi connectivity index (χ4v) is 3.20. The highest BCUT2D eigenvalue weighted by atomic mass is 16.4. The van der Waals surface area contributed by atoms with Crippen molar-refractivity contribution in [2.45, 2.75) is 51.4 Å². The van der Waals surface area contributed by atoms with Gasteiger partial charge in [-0.25, -0.2) is 4.79 Å². The van der Waals surface area contributed by atoms with Crippen LogP contribution in [0.15, 0.2) is 30.5 Å². The van der Waals surface area contributed by atoms with Crippen molar-refractivity contribution in [1.82, 2.24) is 20.9 Å². The van der Waals surface area contributed by atoms with E-state index in [-0.39, 0.29) is 12.3 Å². The van der Waals surface area contributed by atoms with Crippen LogP contribution in [0.3, 0.4) is 0 Å². The molecule has 0 bridgehead atoms. The number of aromatic amines is 1. The summed E-state index contributed by atoms with van der Waals surface area (Å²) in [4.78, 5) is 51.6. The number of aliphatic hydroxyl groups excluding tert-OH is 1. The number of rotatable bonds is 11. The Morgan fingerprint density at radius 2 is 1.73 bits per heavy atom. The Bertz CT molecular complexity index is 1000. The van der Waals surface area contributed by atoms with Gasteiger partial charge >= 0.3 is 5.97 Å². The number of carbonyl (C=O) groups is 4. The predicted molar refractivity (Wildman–Crippen MR) is 121 cm³/mol. The number of amides is 3. The first-order valence-electron chi connectivity index (χ1n) is 10.6. The third kappa shape index (κ3) is 7.02. The van der Waals surface area contributed by atoms with Crippen LogP contribution >= 0.6 is 0 Å². The lowest BCUT2D eigenvalue weighted by Crippen LogP contribution is -2.57. The summed E-state index contributed by atoms with van der Waals surface area (Å²) in [6.07, 6.45) is 0.482. The molecule has 0 saturated carbocycles. The van der Waals surface area contributed by atoms with Crippen molar-refractivity contribution in [3.8, 4) is 0 Å². The molecule has 0 aliphatic heterocycles. The van der Waals surface area contributed by atoms with Crippen LogP contribution in [0.1, 0.15) is 26.3 Å². The summed E-state index contributed by atoms with van der Waals surface area (Å²) in [5.74, 6) is -3.55. The minimum absolute atomic E-state index is 0.0402. The Morgan fingerprint density at radius 3 is 2.33 bits per heavy atom. The molecule has 33 heavy (non-hydrogen) atoms. The molecule has 0 fully saturated rings. The van der Waals surface area contributed by atoms with E-state index in [1.807, 2.05) is 24.3 Å². The second-order valence-electron chi connectivity index (χ2n) is 8.24. The quantitative estimate of drug-likeness (QED) is 0.229. The summed E-state index contributed by atoms with van der Waals surface area (Å²) in [5.41, 5.74) is 7.33. The highest BCUT2D eigenvalue weighted by Gasteiger charge is 2.29. The monoisotopic (exact) mass is 461 g/mol. The van der Waals surface area contributed by atoms with Crippen molar-refractivity contribution >= 4 is 34.6 Å². The molecule has 0 aliphatic carbocycles. The van der Waals surface area contributed by atoms with Gasteiger partial charge in [0.1, 0.15) is 12.1 Å². The Hall–Kier alpha value is -3.44. The van der Waals surface area contributed by atoms with Crippen molar-refractivity contribution in [1.29, 1.82) is 0 Å². The van der Waals surface area contributed by atoms with E-state index in [0.29, 0.717) is 0 Å². The maximum absolute atomic E-state index is 12.4. The van der Waals surface area contributed by atoms with Gasteiger partial charge in [0, 0.05) is 23.5 Å². The van der Waals surface area contributed by atoms with Gasteiger partial charge in [-0.1, -0.05) is 32.0 Å². The molecule has 1 aromatic carbocycles. The summed E-state index contributed by atoms with van der Waals surface area (Å²) >= 11 is 0. The highest BCUT2D eigenvalue weighted by Crippen LogP contribution is 2.19. The first-order chi connectivity index (χ1) is 15.5. The van der Waals surface area contributed by atoms with E-state index in [2.05, 4.69) is 20.9 Å². The number of aromatic nitrogens is 1. The van der Waals surface area contributed by atoms with E-state index in [4.69, 9.17) is 5.73 Å². The smallest absolute Gasteiger partial charge is 0.326 e. The third-order valence-corrected chi connectivity index (χ3v) is 5.24. The van der Waals surface area contributed by atoms with E-state index in [0.717, 1.165) is 16.5 Å². The zero-order valence-corrected chi connectivity index (χ0v) is 18.8. The molecule has 180 valence electrons. The number of fused-ring (bicyclic) bond motifs is 1. The minimum Gasteiger partial charge on any atom is -0.480 e. The van der Waals surface area contributed by atoms with Crippen LogP contribution in [-0.2, 0) is 25.6 Å². The van der Waals surface area contributed by atoms with Crippen molar-refractivity contribution in [2.24, 2.45) is 11.7 Å². The SMILES string of the molecule is CC(C)C(N)C(=O)NC(C(=O)NCC(=O)NC(Cc1c[nH]c2ccccc12)C(=O)O)C(C)O. The largest absolute Gasteiger partial charge is 0.480 e. The highest BCUT2D eigenvalue weighted by molar-refractivity contribution is 5.93. The molecular formula is C22H31N5O6. The zero-order chi connectivity index (χ0) is 24.7. The van der Waals surface area contributed by atoms with Crippen LogP contribution in [0.25, 0.3) is 10.9 Å². The van der Waals surface area contributed by atoms with Gasteiger partial charge in [-0.05, 0) is 24.5 Å². The van der Waals surface area contributed by atoms with Crippen LogP contribution in [0.4, 0.5) is 0 Å². The number of benzene rings is 1. The molecule has 3 amide bonds. The molecular weight excluding hydrogens is 430 g/mol. The number of hydrogen-bond acceptors (Lipinski definition) is 6. The van der Waals surface area contributed by atoms with E-state index in [9.17, 15) is 29.4 Å². The van der Waals surface area contributed by atoms with Gasteiger partial charge in [0.2, 0.25) is 17.7 Å². The summed E-state index contributed by atoms with van der Waals surface area (Å²) in [6, 6.07) is 3.96. The van der Waals surface area contributed by atoms with Crippen molar-refractivity contribution < 1.29 is 29.4 Å². The molecule has 0 aliphatic rings. The number of hydrogen-bond donors (Lipinski definition) is 7. The van der Waals surface area contributed by atoms with Gasteiger partial charge in [-0.3, -0.25) is 14.4 Å². The lowest BCUT2D eigenvalue weighted by molar-refractivity contribution is -0.141. The topological polar surface area (TPSA) is 187 Å². The van der Waals surface area contributed by atoms with Gasteiger partial charge < -0.3 is 36.9 Å². The normalized spacial score (nSPS) is 14.8. The second kappa shape index (κ2) is 11.4. The average molecular weight is 462 g/mol. The Labute approximate surface area is 191 Å². The first kappa shape index (κ1) is 25.8. The predicted octanol–water partition coefficient (Wildman–Crippen LogP) is -0.755. The number of carboxylic acid groups (broad SMARTS) is 1. The number of carbonyl (C=O) groups excluding carboxylic acids is 3. The first-order valence-corrected chi connectivity index (χ1v) is 10.6. The Balaban J connectivity index is 1.96. The summed E-state index contributed by atoms with van der Waals surface area (Å²) in [5, 5.41) is 27.3. The number of H-pyrrole nitrogens is 1. The molecule has 4 unspecified atom stereocenters. The molecule has 2 rings (SSSR count). The average Bonchev–Trinajstić information content (AvgIpc) is 3.17. The van der Waals surface area contributed by atoms with E-state index in [1.54, 1.807) is 20.0 Å². The van der Waals surface area contributed by atoms with Crippen LogP contribution in [-0.4, -0.2) is 69.7 Å². The molecule has 0 spiro atoms. The lowest BCUT2D eigenvalue weighted by atomic mass is 10.0. The molecule has 2 aromatic rings. The molecule has 8 N–H and O–H groups in total.